The van der Waals surface area contributed by atoms with E-state index in [0.29, 0.717) is 37.3 Å². The summed E-state index contributed by atoms with van der Waals surface area (Å²) in [7, 11) is 1.29. The lowest BCUT2D eigenvalue weighted by Gasteiger charge is -2.32. The third-order valence-electron chi connectivity index (χ3n) is 5.99. The predicted molar refractivity (Wildman–Crippen MR) is 142 cm³/mol. The van der Waals surface area contributed by atoms with E-state index < -0.39 is 35.5 Å². The van der Waals surface area contributed by atoms with Crippen molar-refractivity contribution in [3.05, 3.63) is 65.7 Å². The summed E-state index contributed by atoms with van der Waals surface area (Å²) in [5.74, 6) is -0.284. The standard InChI is InChI=1S/C29H38N2O7/c1-28(2,3)38-27(34)30-18-10-13-23-24(26(33)35-6)31(29(4,5)37-23)25(32)21-14-16-22(17-15-21)36-19-20-11-8-7-9-12-20/h7-9,11-12,14-17,23-24H,10,13,18-19H2,1-6H3,(H,30,34)/t23-,24+/m1/s1. The molecular formula is C29H38N2O7. The van der Waals surface area contributed by atoms with Gasteiger partial charge in [0.25, 0.3) is 5.91 Å². The van der Waals surface area contributed by atoms with Crippen molar-refractivity contribution in [2.45, 2.75) is 77.5 Å². The van der Waals surface area contributed by atoms with Gasteiger partial charge in [-0.05, 0) is 77.3 Å². The fourth-order valence-electron chi connectivity index (χ4n) is 4.34. The molecule has 2 aromatic rings. The molecule has 0 bridgehead atoms. The van der Waals surface area contributed by atoms with Crippen LogP contribution in [-0.4, -0.2) is 60.0 Å². The molecule has 1 fully saturated rings. The van der Waals surface area contributed by atoms with Gasteiger partial charge in [-0.15, -0.1) is 0 Å². The first-order chi connectivity index (χ1) is 17.9. The summed E-state index contributed by atoms with van der Waals surface area (Å²) in [5, 5.41) is 2.70. The second kappa shape index (κ2) is 12.3. The molecule has 1 heterocycles. The minimum atomic E-state index is -1.05. The first-order valence-corrected chi connectivity index (χ1v) is 12.7. The van der Waals surface area contributed by atoms with E-state index in [1.54, 1.807) is 58.9 Å². The summed E-state index contributed by atoms with van der Waals surface area (Å²) < 4.78 is 22.3. The van der Waals surface area contributed by atoms with Gasteiger partial charge in [-0.25, -0.2) is 9.59 Å². The monoisotopic (exact) mass is 526 g/mol. The molecule has 0 aromatic heterocycles. The normalized spacial score (nSPS) is 18.5. The number of carbonyl (C=O) groups excluding carboxylic acids is 3. The highest BCUT2D eigenvalue weighted by Crippen LogP contribution is 2.36. The first-order valence-electron chi connectivity index (χ1n) is 12.7. The minimum Gasteiger partial charge on any atom is -0.489 e. The van der Waals surface area contributed by atoms with Crippen molar-refractivity contribution in [3.8, 4) is 5.75 Å². The highest BCUT2D eigenvalue weighted by atomic mass is 16.6. The molecule has 206 valence electrons. The maximum Gasteiger partial charge on any atom is 0.407 e. The number of amides is 2. The predicted octanol–water partition coefficient (Wildman–Crippen LogP) is 4.69. The molecule has 9 nitrogen and oxygen atoms in total. The van der Waals surface area contributed by atoms with E-state index in [1.807, 2.05) is 30.3 Å². The molecule has 9 heteroatoms. The second-order valence-corrected chi connectivity index (χ2v) is 10.6. The lowest BCUT2D eigenvalue weighted by molar-refractivity contribution is -0.146. The Bertz CT molecular complexity index is 1090. The highest BCUT2D eigenvalue weighted by molar-refractivity contribution is 5.97. The van der Waals surface area contributed by atoms with Crippen molar-refractivity contribution >= 4 is 18.0 Å². The number of rotatable bonds is 9. The van der Waals surface area contributed by atoms with Gasteiger partial charge in [0.1, 0.15) is 23.7 Å². The maximum atomic E-state index is 13.6. The van der Waals surface area contributed by atoms with Crippen LogP contribution in [0.25, 0.3) is 0 Å². The zero-order valence-corrected chi connectivity index (χ0v) is 23.0. The molecule has 1 N–H and O–H groups in total. The minimum absolute atomic E-state index is 0.335. The van der Waals surface area contributed by atoms with Crippen LogP contribution in [-0.2, 0) is 25.6 Å². The summed E-state index contributed by atoms with van der Waals surface area (Å²) in [4.78, 5) is 39.8. The Morgan fingerprint density at radius 1 is 1.03 bits per heavy atom. The lowest BCUT2D eigenvalue weighted by Crippen LogP contribution is -2.52. The Hall–Kier alpha value is -3.59. The van der Waals surface area contributed by atoms with Gasteiger partial charge in [-0.2, -0.15) is 0 Å². The average molecular weight is 527 g/mol. The fraction of sp³-hybridized carbons (Fsp3) is 0.483. The summed E-state index contributed by atoms with van der Waals surface area (Å²) in [6.07, 6.45) is -0.170. The number of esters is 1. The van der Waals surface area contributed by atoms with Crippen molar-refractivity contribution < 1.29 is 33.3 Å². The number of hydrogen-bond acceptors (Lipinski definition) is 7. The van der Waals surface area contributed by atoms with Crippen LogP contribution < -0.4 is 10.1 Å². The Morgan fingerprint density at radius 3 is 2.29 bits per heavy atom. The van der Waals surface area contributed by atoms with E-state index in [1.165, 1.54) is 12.0 Å². The SMILES string of the molecule is COC(=O)[C@@H]1[C@@H](CCCNC(=O)OC(C)(C)C)OC(C)(C)N1C(=O)c1ccc(OCc2ccccc2)cc1. The maximum absolute atomic E-state index is 13.6. The van der Waals surface area contributed by atoms with Crippen molar-refractivity contribution in [3.63, 3.8) is 0 Å². The fourth-order valence-corrected chi connectivity index (χ4v) is 4.34. The third kappa shape index (κ3) is 7.71. The van der Waals surface area contributed by atoms with Crippen LogP contribution in [0.15, 0.2) is 54.6 Å². The Kier molecular flexibility index (Phi) is 9.38. The number of alkyl carbamates (subject to hydrolysis) is 1. The zero-order valence-electron chi connectivity index (χ0n) is 23.0. The van der Waals surface area contributed by atoms with E-state index in [9.17, 15) is 14.4 Å². The van der Waals surface area contributed by atoms with Crippen LogP contribution in [0.1, 0.15) is 63.4 Å². The molecule has 0 aliphatic carbocycles. The van der Waals surface area contributed by atoms with Crippen molar-refractivity contribution in [2.75, 3.05) is 13.7 Å². The molecule has 2 aromatic carbocycles. The number of ether oxygens (including phenoxy) is 4. The molecule has 38 heavy (non-hydrogen) atoms. The number of carbonyl (C=O) groups is 3. The molecular weight excluding hydrogens is 488 g/mol. The van der Waals surface area contributed by atoms with Gasteiger partial charge in [-0.1, -0.05) is 30.3 Å². The molecule has 2 atom stereocenters. The smallest absolute Gasteiger partial charge is 0.407 e. The van der Waals surface area contributed by atoms with E-state index in [0.717, 1.165) is 5.56 Å². The van der Waals surface area contributed by atoms with Gasteiger partial charge in [0, 0.05) is 12.1 Å². The summed E-state index contributed by atoms with van der Waals surface area (Å²) in [5.41, 5.74) is -0.209. The zero-order chi connectivity index (χ0) is 27.9. The Balaban J connectivity index is 1.66. The van der Waals surface area contributed by atoms with Crippen LogP contribution >= 0.6 is 0 Å². The number of methoxy groups -OCH3 is 1. The summed E-state index contributed by atoms with van der Waals surface area (Å²) in [6, 6.07) is 15.7. The quantitative estimate of drug-likeness (QED) is 0.373. The van der Waals surface area contributed by atoms with Crippen LogP contribution in [0.2, 0.25) is 0 Å². The van der Waals surface area contributed by atoms with Crippen molar-refractivity contribution in [1.29, 1.82) is 0 Å². The van der Waals surface area contributed by atoms with E-state index in [2.05, 4.69) is 5.32 Å². The highest BCUT2D eigenvalue weighted by Gasteiger charge is 2.53. The molecule has 1 aliphatic heterocycles. The van der Waals surface area contributed by atoms with Gasteiger partial charge >= 0.3 is 12.1 Å². The van der Waals surface area contributed by atoms with Gasteiger partial charge < -0.3 is 24.3 Å². The number of nitrogens with one attached hydrogen (secondary N) is 1. The topological polar surface area (TPSA) is 103 Å². The number of benzene rings is 2. The number of nitrogens with zero attached hydrogens (tertiary/aromatic N) is 1. The number of hydrogen-bond donors (Lipinski definition) is 1. The second-order valence-electron chi connectivity index (χ2n) is 10.6. The molecule has 0 radical (unpaired) electrons. The summed E-state index contributed by atoms with van der Waals surface area (Å²) in [6.45, 7) is 9.61. The lowest BCUT2D eigenvalue weighted by atomic mass is 10.0. The Morgan fingerprint density at radius 2 is 1.68 bits per heavy atom. The van der Waals surface area contributed by atoms with Gasteiger partial charge in [-0.3, -0.25) is 9.69 Å². The van der Waals surface area contributed by atoms with Gasteiger partial charge in [0.05, 0.1) is 13.2 Å². The van der Waals surface area contributed by atoms with Crippen LogP contribution in [0, 0.1) is 0 Å². The van der Waals surface area contributed by atoms with Crippen molar-refractivity contribution in [1.82, 2.24) is 10.2 Å². The van der Waals surface area contributed by atoms with E-state index in [4.69, 9.17) is 18.9 Å². The largest absolute Gasteiger partial charge is 0.489 e. The molecule has 2 amide bonds. The molecule has 0 saturated carbocycles. The Labute approximate surface area is 224 Å². The van der Waals surface area contributed by atoms with Gasteiger partial charge in [0.15, 0.2) is 6.04 Å². The van der Waals surface area contributed by atoms with E-state index >= 15 is 0 Å². The van der Waals surface area contributed by atoms with Crippen LogP contribution in [0.5, 0.6) is 5.75 Å². The first kappa shape index (κ1) is 29.0. The molecule has 0 unspecified atom stereocenters. The average Bonchev–Trinajstić information content (AvgIpc) is 3.14. The van der Waals surface area contributed by atoms with E-state index in [-0.39, 0.29) is 5.91 Å². The molecule has 1 saturated heterocycles. The molecule has 1 aliphatic rings. The third-order valence-corrected chi connectivity index (χ3v) is 5.99. The van der Waals surface area contributed by atoms with Gasteiger partial charge in [0.2, 0.25) is 0 Å². The van der Waals surface area contributed by atoms with Crippen LogP contribution in [0.3, 0.4) is 0 Å². The summed E-state index contributed by atoms with van der Waals surface area (Å²) >= 11 is 0. The van der Waals surface area contributed by atoms with Crippen LogP contribution in [0.4, 0.5) is 4.79 Å². The molecule has 3 rings (SSSR count). The van der Waals surface area contributed by atoms with Crippen molar-refractivity contribution in [2.24, 2.45) is 0 Å². The molecule has 0 spiro atoms.